The number of hydrogen-bond donors (Lipinski definition) is 1. The van der Waals surface area contributed by atoms with Crippen LogP contribution in [0.3, 0.4) is 0 Å². The number of halogens is 6. The van der Waals surface area contributed by atoms with E-state index in [-0.39, 0.29) is 42.3 Å². The van der Waals surface area contributed by atoms with Crippen LogP contribution in [-0.4, -0.2) is 61.6 Å². The zero-order valence-corrected chi connectivity index (χ0v) is 28.4. The fourth-order valence-corrected chi connectivity index (χ4v) is 7.87. The molecule has 0 saturated heterocycles. The number of nitrogens with zero attached hydrogens (tertiary/aromatic N) is 7. The quantitative estimate of drug-likeness (QED) is 0.106. The Kier molecular flexibility index (Phi) is 10.7. The largest absolute Gasteiger partial charge is 0.524 e. The molecule has 3 heterocycles. The Bertz CT molecular complexity index is 1550. The van der Waals surface area contributed by atoms with Crippen molar-refractivity contribution in [1.82, 2.24) is 15.0 Å². The van der Waals surface area contributed by atoms with E-state index in [1.165, 1.54) is 48.5 Å². The minimum Gasteiger partial charge on any atom is -0.458 e. The van der Waals surface area contributed by atoms with Gasteiger partial charge in [0.1, 0.15) is 13.2 Å². The highest BCUT2D eigenvalue weighted by Gasteiger charge is 2.66. The standard InChI is InChI=1S/C30H34F6N8O5Si/c1-5-23(50(47-6-2,48-7-3)49-8-4)37-24-38-25(45-17-19-9-13-21(14-10-19)27(41-42-27)29(31,32)33)40-26(39-24)46-18-20-11-15-22(16-12-20)28(43-44-28)30(34,35)36/h9-16,23H,5-8,17-18H2,1-4H3,(H,37,38,39,40). The molecule has 0 aliphatic carbocycles. The van der Waals surface area contributed by atoms with Crippen LogP contribution >= 0.6 is 0 Å². The summed E-state index contributed by atoms with van der Waals surface area (Å²) < 4.78 is 110. The highest BCUT2D eigenvalue weighted by atomic mass is 28.4. The molecule has 20 heteroatoms. The van der Waals surface area contributed by atoms with Gasteiger partial charge in [0.05, 0.1) is 5.67 Å². The summed E-state index contributed by atoms with van der Waals surface area (Å²) in [7, 11) is -3.33. The van der Waals surface area contributed by atoms with Gasteiger partial charge in [0.25, 0.3) is 0 Å². The molecule has 13 nitrogen and oxygen atoms in total. The third-order valence-corrected chi connectivity index (χ3v) is 11.1. The summed E-state index contributed by atoms with van der Waals surface area (Å²) in [6, 6.07) is 10.4. The molecule has 270 valence electrons. The molecule has 0 spiro atoms. The maximum absolute atomic E-state index is 13.4. The number of anilines is 1. The van der Waals surface area contributed by atoms with E-state index >= 15 is 0 Å². The van der Waals surface area contributed by atoms with Gasteiger partial charge in [0.15, 0.2) is 0 Å². The summed E-state index contributed by atoms with van der Waals surface area (Å²) in [6.45, 7) is 8.04. The second-order valence-electron chi connectivity index (χ2n) is 10.9. The lowest BCUT2D eigenvalue weighted by atomic mass is 10.0. The van der Waals surface area contributed by atoms with E-state index in [4.69, 9.17) is 22.8 Å². The number of hydrogen-bond acceptors (Lipinski definition) is 13. The molecule has 1 N–H and O–H groups in total. The van der Waals surface area contributed by atoms with Crippen LogP contribution in [0, 0.1) is 0 Å². The van der Waals surface area contributed by atoms with Crippen molar-refractivity contribution in [3.63, 3.8) is 0 Å². The summed E-state index contributed by atoms with van der Waals surface area (Å²) in [4.78, 5) is 13.0. The molecule has 0 amide bonds. The van der Waals surface area contributed by atoms with Crippen molar-refractivity contribution in [1.29, 1.82) is 0 Å². The van der Waals surface area contributed by atoms with Gasteiger partial charge in [-0.3, -0.25) is 0 Å². The Morgan fingerprint density at radius 3 is 1.30 bits per heavy atom. The maximum Gasteiger partial charge on any atom is 0.524 e. The van der Waals surface area contributed by atoms with Gasteiger partial charge in [-0.1, -0.05) is 55.5 Å². The number of aromatic nitrogens is 3. The molecule has 0 fully saturated rings. The van der Waals surface area contributed by atoms with Crippen LogP contribution in [0.15, 0.2) is 69.0 Å². The van der Waals surface area contributed by atoms with E-state index in [1.54, 1.807) is 0 Å². The van der Waals surface area contributed by atoms with E-state index in [0.717, 1.165) is 0 Å². The van der Waals surface area contributed by atoms with Crippen LogP contribution in [0.5, 0.6) is 12.0 Å². The first-order valence-corrected chi connectivity index (χ1v) is 17.4. The smallest absolute Gasteiger partial charge is 0.458 e. The van der Waals surface area contributed by atoms with Crippen molar-refractivity contribution >= 4 is 14.8 Å². The average molecular weight is 729 g/mol. The lowest BCUT2D eigenvalue weighted by molar-refractivity contribution is -0.166. The third-order valence-electron chi connectivity index (χ3n) is 7.61. The molecule has 0 radical (unpaired) electrons. The molecule has 50 heavy (non-hydrogen) atoms. The second-order valence-corrected chi connectivity index (χ2v) is 13.7. The zero-order chi connectivity index (χ0) is 36.2. The Balaban J connectivity index is 1.36. The summed E-state index contributed by atoms with van der Waals surface area (Å²) in [5.74, 6) is 0.0201. The van der Waals surface area contributed by atoms with Gasteiger partial charge in [-0.15, -0.1) is 25.4 Å². The Morgan fingerprint density at radius 1 is 0.620 bits per heavy atom. The normalized spacial score (nSPS) is 16.6. The van der Waals surface area contributed by atoms with Gasteiger partial charge in [-0.25, -0.2) is 0 Å². The summed E-state index contributed by atoms with van der Waals surface area (Å²) >= 11 is 0. The van der Waals surface area contributed by atoms with Gasteiger partial charge in [0.2, 0.25) is 5.95 Å². The van der Waals surface area contributed by atoms with Crippen LogP contribution in [0.2, 0.25) is 0 Å². The topological polar surface area (TPSA) is 146 Å². The maximum atomic E-state index is 13.4. The zero-order valence-electron chi connectivity index (χ0n) is 27.4. The first-order chi connectivity index (χ1) is 23.7. The van der Waals surface area contributed by atoms with Gasteiger partial charge in [-0.2, -0.15) is 36.3 Å². The van der Waals surface area contributed by atoms with Crippen LogP contribution in [0.4, 0.5) is 32.3 Å². The molecule has 1 aromatic heterocycles. The lowest BCUT2D eigenvalue weighted by Crippen LogP contribution is -2.59. The van der Waals surface area contributed by atoms with Crippen molar-refractivity contribution < 1.29 is 49.1 Å². The van der Waals surface area contributed by atoms with Crippen molar-refractivity contribution in [3.8, 4) is 12.0 Å². The Hall–Kier alpha value is -4.27. The molecule has 1 atom stereocenters. The molecule has 3 aromatic rings. The predicted octanol–water partition coefficient (Wildman–Crippen LogP) is 7.17. The monoisotopic (exact) mass is 728 g/mol. The molecule has 0 saturated carbocycles. The highest BCUT2D eigenvalue weighted by Crippen LogP contribution is 2.53. The number of rotatable bonds is 18. The van der Waals surface area contributed by atoms with Crippen molar-refractivity contribution in [2.24, 2.45) is 20.5 Å². The van der Waals surface area contributed by atoms with Gasteiger partial charge >= 0.3 is 44.5 Å². The first-order valence-electron chi connectivity index (χ1n) is 15.6. The predicted molar refractivity (Wildman–Crippen MR) is 165 cm³/mol. The van der Waals surface area contributed by atoms with E-state index < -0.39 is 38.1 Å². The lowest BCUT2D eigenvalue weighted by Gasteiger charge is -2.35. The summed E-state index contributed by atoms with van der Waals surface area (Å²) in [6.07, 6.45) is -8.83. The third kappa shape index (κ3) is 7.71. The van der Waals surface area contributed by atoms with E-state index in [1.807, 2.05) is 27.7 Å². The molecular formula is C30H34F6N8O5Si. The number of ether oxygens (including phenoxy) is 2. The van der Waals surface area contributed by atoms with Crippen LogP contribution in [-0.2, 0) is 37.8 Å². The molecule has 2 aliphatic rings. The Labute approximate surface area is 283 Å². The highest BCUT2D eigenvalue weighted by molar-refractivity contribution is 6.63. The van der Waals surface area contributed by atoms with Crippen molar-refractivity contribution in [2.45, 2.75) is 76.7 Å². The number of alkyl halides is 6. The van der Waals surface area contributed by atoms with Crippen LogP contribution < -0.4 is 14.8 Å². The molecule has 2 aliphatic heterocycles. The fourth-order valence-electron chi connectivity index (χ4n) is 5.01. The second kappa shape index (κ2) is 14.5. The molecular weight excluding hydrogens is 694 g/mol. The SMILES string of the molecule is CCO[Si](OCC)(OCC)C(CC)Nc1nc(OCc2ccc(C3(C(F)(F)F)N=N3)cc2)nc(OCc2ccc(C3(C(F)(F)F)N=N3)cc2)n1. The van der Waals surface area contributed by atoms with Crippen molar-refractivity contribution in [3.05, 3.63) is 70.8 Å². The van der Waals surface area contributed by atoms with E-state index in [0.29, 0.717) is 37.4 Å². The molecule has 1 unspecified atom stereocenters. The van der Waals surface area contributed by atoms with Gasteiger partial charge < -0.3 is 28.1 Å². The molecule has 5 rings (SSSR count). The summed E-state index contributed by atoms with van der Waals surface area (Å²) in [5, 5.41) is 16.0. The summed E-state index contributed by atoms with van der Waals surface area (Å²) in [5.41, 5.74) is -4.87. The number of nitrogens with one attached hydrogen (secondary N) is 1. The van der Waals surface area contributed by atoms with Gasteiger partial charge in [0, 0.05) is 30.9 Å². The van der Waals surface area contributed by atoms with E-state index in [9.17, 15) is 26.3 Å². The number of benzene rings is 2. The Morgan fingerprint density at radius 2 is 1.00 bits per heavy atom. The minimum atomic E-state index is -4.66. The van der Waals surface area contributed by atoms with Crippen LogP contribution in [0.25, 0.3) is 0 Å². The molecule has 0 bridgehead atoms. The van der Waals surface area contributed by atoms with Gasteiger partial charge in [-0.05, 0) is 38.3 Å². The van der Waals surface area contributed by atoms with E-state index in [2.05, 4.69) is 40.7 Å². The molecule has 2 aromatic carbocycles. The van der Waals surface area contributed by atoms with Crippen LogP contribution in [0.1, 0.15) is 56.4 Å². The average Bonchev–Trinajstić information content (AvgIpc) is 4.00. The minimum absolute atomic E-state index is 0.0201. The van der Waals surface area contributed by atoms with Crippen molar-refractivity contribution in [2.75, 3.05) is 25.1 Å². The first kappa shape index (κ1) is 37.0. The fraction of sp³-hybridized carbons (Fsp3) is 0.500.